The van der Waals surface area contributed by atoms with Gasteiger partial charge in [-0.1, -0.05) is 6.07 Å². The van der Waals surface area contributed by atoms with E-state index in [4.69, 9.17) is 5.73 Å². The number of nitrogens with two attached hydrogens (primary N) is 1. The molecule has 3 heteroatoms. The Balaban J connectivity index is 2.25. The topological polar surface area (TPSA) is 55.1 Å². The third kappa shape index (κ3) is 3.13. The first-order valence-corrected chi connectivity index (χ1v) is 6.21. The third-order valence-corrected chi connectivity index (χ3v) is 2.97. The predicted molar refractivity (Wildman–Crippen MR) is 79.5 cm³/mol. The Hall–Kier alpha value is -2.29. The first-order chi connectivity index (χ1) is 8.95. The van der Waals surface area contributed by atoms with Crippen molar-refractivity contribution in [3.63, 3.8) is 0 Å². The molecule has 2 aromatic carbocycles. The number of carbonyl (C=O) groups is 1. The van der Waals surface area contributed by atoms with Crippen molar-refractivity contribution in [2.75, 3.05) is 11.1 Å². The van der Waals surface area contributed by atoms with Crippen LogP contribution in [0.4, 0.5) is 11.4 Å². The molecule has 0 aliphatic carbocycles. The standard InChI is InChI=1S/C16H18N2O/c1-10-6-11(2)8-14(7-10)18-16(19)15-5-4-13(17)9-12(15)3/h4-9H,17H2,1-3H3,(H,18,19). The summed E-state index contributed by atoms with van der Waals surface area (Å²) in [7, 11) is 0. The van der Waals surface area contributed by atoms with Crippen molar-refractivity contribution in [3.8, 4) is 0 Å². The Labute approximate surface area is 113 Å². The summed E-state index contributed by atoms with van der Waals surface area (Å²) < 4.78 is 0. The Morgan fingerprint density at radius 1 is 1.00 bits per heavy atom. The largest absolute Gasteiger partial charge is 0.399 e. The predicted octanol–water partition coefficient (Wildman–Crippen LogP) is 3.45. The molecule has 0 saturated carbocycles. The second kappa shape index (κ2) is 5.14. The number of aryl methyl sites for hydroxylation is 3. The Morgan fingerprint density at radius 2 is 1.63 bits per heavy atom. The van der Waals surface area contributed by atoms with Crippen LogP contribution in [0.1, 0.15) is 27.0 Å². The van der Waals surface area contributed by atoms with Crippen LogP contribution in [0.15, 0.2) is 36.4 Å². The molecule has 0 aromatic heterocycles. The highest BCUT2D eigenvalue weighted by Crippen LogP contribution is 2.17. The zero-order valence-electron chi connectivity index (χ0n) is 11.4. The molecule has 1 amide bonds. The van der Waals surface area contributed by atoms with Crippen LogP contribution in [0.5, 0.6) is 0 Å². The molecule has 0 heterocycles. The lowest BCUT2D eigenvalue weighted by atomic mass is 10.1. The summed E-state index contributed by atoms with van der Waals surface area (Å²) in [5.74, 6) is -0.109. The maximum Gasteiger partial charge on any atom is 0.255 e. The molecule has 3 nitrogen and oxygen atoms in total. The molecule has 2 rings (SSSR count). The number of hydrogen-bond donors (Lipinski definition) is 2. The molecule has 0 radical (unpaired) electrons. The van der Waals surface area contributed by atoms with Gasteiger partial charge in [0, 0.05) is 16.9 Å². The van der Waals surface area contributed by atoms with Gasteiger partial charge in [0.25, 0.3) is 5.91 Å². The lowest BCUT2D eigenvalue weighted by molar-refractivity contribution is 0.102. The van der Waals surface area contributed by atoms with Gasteiger partial charge < -0.3 is 11.1 Å². The minimum absolute atomic E-state index is 0.109. The van der Waals surface area contributed by atoms with Gasteiger partial charge in [0.15, 0.2) is 0 Å². The molecule has 3 N–H and O–H groups in total. The highest BCUT2D eigenvalue weighted by atomic mass is 16.1. The van der Waals surface area contributed by atoms with Crippen molar-refractivity contribution in [3.05, 3.63) is 58.7 Å². The smallest absolute Gasteiger partial charge is 0.255 e. The van der Waals surface area contributed by atoms with E-state index in [-0.39, 0.29) is 5.91 Å². The summed E-state index contributed by atoms with van der Waals surface area (Å²) in [6.07, 6.45) is 0. The van der Waals surface area contributed by atoms with Crippen LogP contribution < -0.4 is 11.1 Å². The van der Waals surface area contributed by atoms with Gasteiger partial charge >= 0.3 is 0 Å². The van der Waals surface area contributed by atoms with Crippen molar-refractivity contribution in [2.24, 2.45) is 0 Å². The summed E-state index contributed by atoms with van der Waals surface area (Å²) in [4.78, 5) is 12.2. The summed E-state index contributed by atoms with van der Waals surface area (Å²) in [5, 5.41) is 2.92. The molecule has 0 spiro atoms. The van der Waals surface area contributed by atoms with Gasteiger partial charge in [-0.3, -0.25) is 4.79 Å². The minimum atomic E-state index is -0.109. The fraction of sp³-hybridized carbons (Fsp3) is 0.188. The lowest BCUT2D eigenvalue weighted by Crippen LogP contribution is -2.13. The van der Waals surface area contributed by atoms with E-state index in [9.17, 15) is 4.79 Å². The number of benzene rings is 2. The number of anilines is 2. The monoisotopic (exact) mass is 254 g/mol. The van der Waals surface area contributed by atoms with E-state index in [1.54, 1.807) is 18.2 Å². The molecule has 2 aromatic rings. The van der Waals surface area contributed by atoms with E-state index < -0.39 is 0 Å². The van der Waals surface area contributed by atoms with Crippen molar-refractivity contribution >= 4 is 17.3 Å². The molecule has 0 fully saturated rings. The Bertz CT molecular complexity index is 612. The van der Waals surface area contributed by atoms with E-state index in [1.807, 2.05) is 32.9 Å². The SMILES string of the molecule is Cc1cc(C)cc(NC(=O)c2ccc(N)cc2C)c1. The Kier molecular flexibility index (Phi) is 3.56. The van der Waals surface area contributed by atoms with Crippen LogP contribution in [0, 0.1) is 20.8 Å². The maximum absolute atomic E-state index is 12.2. The molecule has 98 valence electrons. The van der Waals surface area contributed by atoms with Gasteiger partial charge in [0.2, 0.25) is 0 Å². The number of amides is 1. The second-order valence-corrected chi connectivity index (χ2v) is 4.90. The molecular weight excluding hydrogens is 236 g/mol. The van der Waals surface area contributed by atoms with Gasteiger partial charge in [-0.15, -0.1) is 0 Å². The zero-order chi connectivity index (χ0) is 14.0. The van der Waals surface area contributed by atoms with Crippen LogP contribution in [-0.2, 0) is 0 Å². The van der Waals surface area contributed by atoms with Crippen LogP contribution in [0.3, 0.4) is 0 Å². The molecule has 0 aliphatic heterocycles. The lowest BCUT2D eigenvalue weighted by Gasteiger charge is -2.10. The number of hydrogen-bond acceptors (Lipinski definition) is 2. The van der Waals surface area contributed by atoms with E-state index in [2.05, 4.69) is 11.4 Å². The van der Waals surface area contributed by atoms with Crippen molar-refractivity contribution in [1.82, 2.24) is 0 Å². The van der Waals surface area contributed by atoms with Gasteiger partial charge in [-0.25, -0.2) is 0 Å². The minimum Gasteiger partial charge on any atom is -0.399 e. The highest BCUT2D eigenvalue weighted by Gasteiger charge is 2.09. The molecule has 0 bridgehead atoms. The van der Waals surface area contributed by atoms with E-state index in [1.165, 1.54) is 0 Å². The van der Waals surface area contributed by atoms with Crippen LogP contribution in [0.2, 0.25) is 0 Å². The third-order valence-electron chi connectivity index (χ3n) is 2.97. The summed E-state index contributed by atoms with van der Waals surface area (Å²) in [5.41, 5.74) is 11.0. The number of carbonyl (C=O) groups excluding carboxylic acids is 1. The van der Waals surface area contributed by atoms with E-state index >= 15 is 0 Å². The average molecular weight is 254 g/mol. The molecule has 0 unspecified atom stereocenters. The van der Waals surface area contributed by atoms with Crippen LogP contribution in [0.25, 0.3) is 0 Å². The quantitative estimate of drug-likeness (QED) is 0.806. The van der Waals surface area contributed by atoms with Gasteiger partial charge in [0.05, 0.1) is 0 Å². The van der Waals surface area contributed by atoms with Crippen LogP contribution >= 0.6 is 0 Å². The number of rotatable bonds is 2. The maximum atomic E-state index is 12.2. The van der Waals surface area contributed by atoms with E-state index in [0.29, 0.717) is 11.3 Å². The first kappa shape index (κ1) is 13.1. The molecule has 19 heavy (non-hydrogen) atoms. The van der Waals surface area contributed by atoms with Crippen LogP contribution in [-0.4, -0.2) is 5.91 Å². The number of nitrogens with one attached hydrogen (secondary N) is 1. The molecular formula is C16H18N2O. The molecule has 0 saturated heterocycles. The zero-order valence-corrected chi connectivity index (χ0v) is 11.4. The van der Waals surface area contributed by atoms with Crippen molar-refractivity contribution in [2.45, 2.75) is 20.8 Å². The highest BCUT2D eigenvalue weighted by molar-refractivity contribution is 6.05. The average Bonchev–Trinajstić information content (AvgIpc) is 2.26. The second-order valence-electron chi connectivity index (χ2n) is 4.90. The fourth-order valence-electron chi connectivity index (χ4n) is 2.19. The van der Waals surface area contributed by atoms with Gasteiger partial charge in [0.1, 0.15) is 0 Å². The number of nitrogen functional groups attached to an aromatic ring is 1. The summed E-state index contributed by atoms with van der Waals surface area (Å²) >= 11 is 0. The molecule has 0 atom stereocenters. The fourth-order valence-corrected chi connectivity index (χ4v) is 2.19. The van der Waals surface area contributed by atoms with Crippen molar-refractivity contribution < 1.29 is 4.79 Å². The molecule has 0 aliphatic rings. The van der Waals surface area contributed by atoms with Gasteiger partial charge in [-0.05, 0) is 67.8 Å². The summed E-state index contributed by atoms with van der Waals surface area (Å²) in [6.45, 7) is 5.90. The normalized spacial score (nSPS) is 10.3. The summed E-state index contributed by atoms with van der Waals surface area (Å²) in [6, 6.07) is 11.3. The first-order valence-electron chi connectivity index (χ1n) is 6.21. The Morgan fingerprint density at radius 3 is 2.21 bits per heavy atom. The van der Waals surface area contributed by atoms with E-state index in [0.717, 1.165) is 22.4 Å². The van der Waals surface area contributed by atoms with Crippen molar-refractivity contribution in [1.29, 1.82) is 0 Å². The van der Waals surface area contributed by atoms with Gasteiger partial charge in [-0.2, -0.15) is 0 Å².